The number of rotatable bonds is 1. The van der Waals surface area contributed by atoms with Crippen LogP contribution in [0.25, 0.3) is 10.9 Å². The van der Waals surface area contributed by atoms with Crippen molar-refractivity contribution in [2.24, 2.45) is 0 Å². The Bertz CT molecular complexity index is 587. The van der Waals surface area contributed by atoms with Crippen LogP contribution in [-0.4, -0.2) is 34.6 Å². The van der Waals surface area contributed by atoms with Crippen LogP contribution in [0.5, 0.6) is 0 Å². The topological polar surface area (TPSA) is 59.9 Å². The molecule has 0 bridgehead atoms. The molecule has 1 saturated heterocycles. The first kappa shape index (κ1) is 12.0. The van der Waals surface area contributed by atoms with Crippen LogP contribution in [0, 0.1) is 0 Å². The molecule has 3 rings (SSSR count). The van der Waals surface area contributed by atoms with Crippen molar-refractivity contribution in [2.45, 2.75) is 6.10 Å². The van der Waals surface area contributed by atoms with Gasteiger partial charge in [0.25, 0.3) is 0 Å². The summed E-state index contributed by atoms with van der Waals surface area (Å²) in [4.78, 5) is 12.4. The van der Waals surface area contributed by atoms with Crippen LogP contribution in [0.1, 0.15) is 11.8 Å². The van der Waals surface area contributed by atoms with Crippen molar-refractivity contribution < 1.29 is 4.74 Å². The first-order chi connectivity index (χ1) is 8.74. The van der Waals surface area contributed by atoms with Crippen LogP contribution < -0.4 is 5.32 Å². The van der Waals surface area contributed by atoms with Crippen molar-refractivity contribution in [3.63, 3.8) is 0 Å². The van der Waals surface area contributed by atoms with Gasteiger partial charge >= 0.3 is 0 Å². The quantitative estimate of drug-likeness (QED) is 0.641. The van der Waals surface area contributed by atoms with E-state index in [-0.39, 0.29) is 11.4 Å². The van der Waals surface area contributed by atoms with Crippen molar-refractivity contribution in [1.29, 1.82) is 0 Å². The van der Waals surface area contributed by atoms with Crippen LogP contribution in [0.15, 0.2) is 12.3 Å². The van der Waals surface area contributed by atoms with E-state index in [1.807, 2.05) is 0 Å². The zero-order valence-electron chi connectivity index (χ0n) is 9.36. The highest BCUT2D eigenvalue weighted by atomic mass is 35.5. The van der Waals surface area contributed by atoms with Gasteiger partial charge in [-0.15, -0.1) is 0 Å². The number of halogens is 2. The Balaban J connectivity index is 2.16. The van der Waals surface area contributed by atoms with E-state index >= 15 is 0 Å². The normalized spacial score (nSPS) is 20.2. The summed E-state index contributed by atoms with van der Waals surface area (Å²) in [5, 5.41) is 4.67. The van der Waals surface area contributed by atoms with Crippen LogP contribution in [-0.2, 0) is 4.74 Å². The molecular formula is C11H10Cl2N4O. The Morgan fingerprint density at radius 3 is 3.00 bits per heavy atom. The van der Waals surface area contributed by atoms with E-state index in [9.17, 15) is 0 Å². The first-order valence-electron chi connectivity index (χ1n) is 5.55. The lowest BCUT2D eigenvalue weighted by Crippen LogP contribution is -2.34. The lowest BCUT2D eigenvalue weighted by Gasteiger charge is -2.24. The average molecular weight is 285 g/mol. The average Bonchev–Trinajstić information content (AvgIpc) is 2.39. The number of ether oxygens (including phenoxy) is 1. The Morgan fingerprint density at radius 1 is 1.33 bits per heavy atom. The fraction of sp³-hybridized carbons (Fsp3) is 0.364. The summed E-state index contributed by atoms with van der Waals surface area (Å²) >= 11 is 11.8. The second kappa shape index (κ2) is 4.93. The van der Waals surface area contributed by atoms with Crippen LogP contribution in [0.4, 0.5) is 0 Å². The molecule has 0 aromatic carbocycles. The molecule has 1 unspecified atom stereocenters. The summed E-state index contributed by atoms with van der Waals surface area (Å²) in [7, 11) is 0. The van der Waals surface area contributed by atoms with Crippen molar-refractivity contribution in [1.82, 2.24) is 20.3 Å². The lowest BCUT2D eigenvalue weighted by atomic mass is 10.1. The fourth-order valence-corrected chi connectivity index (χ4v) is 2.33. The number of hydrogen-bond donors (Lipinski definition) is 1. The molecule has 1 fully saturated rings. The van der Waals surface area contributed by atoms with Gasteiger partial charge in [-0.3, -0.25) is 0 Å². The molecule has 7 heteroatoms. The Kier molecular flexibility index (Phi) is 3.30. The zero-order chi connectivity index (χ0) is 12.5. The minimum Gasteiger partial charge on any atom is -0.369 e. The molecule has 0 saturated carbocycles. The van der Waals surface area contributed by atoms with E-state index in [1.165, 1.54) is 0 Å². The van der Waals surface area contributed by atoms with Gasteiger partial charge in [0.1, 0.15) is 11.3 Å². The Labute approximate surface area is 113 Å². The highest BCUT2D eigenvalue weighted by Gasteiger charge is 2.21. The summed E-state index contributed by atoms with van der Waals surface area (Å²) in [5.74, 6) is 0. The fourth-order valence-electron chi connectivity index (χ4n) is 1.99. The minimum absolute atomic E-state index is 0.139. The SMILES string of the molecule is Clc1cc2c(C3CNCCO3)nc(Cl)nc2cn1. The van der Waals surface area contributed by atoms with Gasteiger partial charge in [-0.25, -0.2) is 15.0 Å². The molecule has 0 aliphatic carbocycles. The molecule has 5 nitrogen and oxygen atoms in total. The van der Waals surface area contributed by atoms with Crippen LogP contribution in [0.3, 0.4) is 0 Å². The molecule has 2 aromatic rings. The number of hydrogen-bond acceptors (Lipinski definition) is 5. The predicted molar refractivity (Wildman–Crippen MR) is 68.9 cm³/mol. The van der Waals surface area contributed by atoms with Gasteiger partial charge in [-0.05, 0) is 17.7 Å². The molecule has 1 N–H and O–H groups in total. The summed E-state index contributed by atoms with van der Waals surface area (Å²) in [5.41, 5.74) is 1.42. The molecule has 2 aromatic heterocycles. The predicted octanol–water partition coefficient (Wildman–Crippen LogP) is 1.99. The molecule has 1 atom stereocenters. The van der Waals surface area contributed by atoms with E-state index in [2.05, 4.69) is 20.3 Å². The van der Waals surface area contributed by atoms with Crippen LogP contribution in [0.2, 0.25) is 10.4 Å². The van der Waals surface area contributed by atoms with Gasteiger partial charge in [0.2, 0.25) is 5.28 Å². The zero-order valence-corrected chi connectivity index (χ0v) is 10.9. The van der Waals surface area contributed by atoms with Gasteiger partial charge in [-0.1, -0.05) is 11.6 Å². The van der Waals surface area contributed by atoms with Gasteiger partial charge < -0.3 is 10.1 Å². The van der Waals surface area contributed by atoms with E-state index in [0.29, 0.717) is 23.8 Å². The lowest BCUT2D eigenvalue weighted by molar-refractivity contribution is 0.0260. The Morgan fingerprint density at radius 2 is 2.22 bits per heavy atom. The van der Waals surface area contributed by atoms with Gasteiger partial charge in [0.05, 0.1) is 24.0 Å². The third kappa shape index (κ3) is 2.27. The van der Waals surface area contributed by atoms with E-state index < -0.39 is 0 Å². The maximum Gasteiger partial charge on any atom is 0.223 e. The van der Waals surface area contributed by atoms with E-state index in [0.717, 1.165) is 17.6 Å². The van der Waals surface area contributed by atoms with Crippen molar-refractivity contribution in [3.05, 3.63) is 28.4 Å². The molecule has 0 spiro atoms. The molecule has 18 heavy (non-hydrogen) atoms. The second-order valence-electron chi connectivity index (χ2n) is 3.97. The highest BCUT2D eigenvalue weighted by Crippen LogP contribution is 2.27. The molecular weight excluding hydrogens is 275 g/mol. The molecule has 0 radical (unpaired) electrons. The Hall–Kier alpha value is -1.01. The van der Waals surface area contributed by atoms with Crippen molar-refractivity contribution in [2.75, 3.05) is 19.7 Å². The number of fused-ring (bicyclic) bond motifs is 1. The van der Waals surface area contributed by atoms with E-state index in [4.69, 9.17) is 27.9 Å². The number of aromatic nitrogens is 3. The third-order valence-electron chi connectivity index (χ3n) is 2.78. The van der Waals surface area contributed by atoms with Gasteiger partial charge in [-0.2, -0.15) is 0 Å². The summed E-state index contributed by atoms with van der Waals surface area (Å²) in [6.07, 6.45) is 1.45. The van der Waals surface area contributed by atoms with E-state index in [1.54, 1.807) is 12.3 Å². The molecule has 3 heterocycles. The summed E-state index contributed by atoms with van der Waals surface area (Å²) < 4.78 is 5.69. The second-order valence-corrected chi connectivity index (χ2v) is 4.69. The smallest absolute Gasteiger partial charge is 0.223 e. The summed E-state index contributed by atoms with van der Waals surface area (Å²) in [6.45, 7) is 2.19. The largest absolute Gasteiger partial charge is 0.369 e. The summed E-state index contributed by atoms with van der Waals surface area (Å²) in [6, 6.07) is 1.74. The minimum atomic E-state index is -0.139. The van der Waals surface area contributed by atoms with Crippen LogP contribution >= 0.6 is 23.2 Å². The van der Waals surface area contributed by atoms with Crippen molar-refractivity contribution in [3.8, 4) is 0 Å². The molecule has 1 aliphatic heterocycles. The number of nitrogens with zero attached hydrogens (tertiary/aromatic N) is 3. The monoisotopic (exact) mass is 284 g/mol. The van der Waals surface area contributed by atoms with Gasteiger partial charge in [0.15, 0.2) is 0 Å². The highest BCUT2D eigenvalue weighted by molar-refractivity contribution is 6.30. The number of morpholine rings is 1. The maximum absolute atomic E-state index is 5.92. The molecule has 94 valence electrons. The molecule has 1 aliphatic rings. The number of pyridine rings is 1. The first-order valence-corrected chi connectivity index (χ1v) is 6.30. The third-order valence-corrected chi connectivity index (χ3v) is 3.16. The maximum atomic E-state index is 5.92. The molecule has 0 amide bonds. The van der Waals surface area contributed by atoms with Gasteiger partial charge in [0, 0.05) is 18.5 Å². The standard InChI is InChI=1S/C11H10Cl2N4O/c12-9-3-6-7(4-15-9)16-11(13)17-10(6)8-5-14-1-2-18-8/h3-4,8,14H,1-2,5H2. The number of nitrogens with one attached hydrogen (secondary N) is 1. The van der Waals surface area contributed by atoms with Crippen molar-refractivity contribution >= 4 is 34.1 Å².